The van der Waals surface area contributed by atoms with Crippen LogP contribution in [0.5, 0.6) is 0 Å². The van der Waals surface area contributed by atoms with Gasteiger partial charge in [0.15, 0.2) is 20.8 Å². The number of amides is 2. The number of fused-ring (bicyclic) bond motifs is 1. The Kier molecular flexibility index (Phi) is 6.15. The van der Waals surface area contributed by atoms with Gasteiger partial charge >= 0.3 is 0 Å². The topological polar surface area (TPSA) is 163 Å². The smallest absolute Gasteiger partial charge is 0.278 e. The SMILES string of the molecule is CN1C(C(=O)Nc2ncc(S(=O)(=O)NC(=O)c3ccccc3)s2)=C(O)c2sc(Cl)cc2S1(=O)=O. The van der Waals surface area contributed by atoms with Crippen molar-refractivity contribution in [1.29, 1.82) is 0 Å². The van der Waals surface area contributed by atoms with Gasteiger partial charge in [-0.15, -0.1) is 11.3 Å². The summed E-state index contributed by atoms with van der Waals surface area (Å²) >= 11 is 7.18. The third-order valence-corrected chi connectivity index (χ3v) is 10.4. The summed E-state index contributed by atoms with van der Waals surface area (Å²) in [5, 5.41) is 12.6. The monoisotopic (exact) mass is 560 g/mol. The summed E-state index contributed by atoms with van der Waals surface area (Å²) in [4.78, 5) is 28.4. The van der Waals surface area contributed by atoms with E-state index in [1.807, 2.05) is 4.72 Å². The number of thiazole rings is 1. The third kappa shape index (κ3) is 4.27. The molecule has 2 amide bonds. The lowest BCUT2D eigenvalue weighted by Gasteiger charge is -2.26. The highest BCUT2D eigenvalue weighted by Crippen LogP contribution is 2.41. The van der Waals surface area contributed by atoms with E-state index < -0.39 is 43.3 Å². The molecule has 0 aliphatic carbocycles. The van der Waals surface area contributed by atoms with E-state index in [2.05, 4.69) is 10.3 Å². The second-order valence-electron chi connectivity index (χ2n) is 6.65. The van der Waals surface area contributed by atoms with Crippen LogP contribution in [0.15, 0.2) is 57.4 Å². The number of thiophene rings is 1. The van der Waals surface area contributed by atoms with Gasteiger partial charge in [-0.2, -0.15) is 0 Å². The van der Waals surface area contributed by atoms with Gasteiger partial charge in [0.25, 0.3) is 31.9 Å². The van der Waals surface area contributed by atoms with Crippen molar-refractivity contribution in [3.63, 3.8) is 0 Å². The molecular weight excluding hydrogens is 548 g/mol. The lowest BCUT2D eigenvalue weighted by Crippen LogP contribution is -2.36. The highest BCUT2D eigenvalue weighted by Gasteiger charge is 2.40. The number of aromatic nitrogens is 1. The van der Waals surface area contributed by atoms with Crippen molar-refractivity contribution in [2.24, 2.45) is 0 Å². The first-order chi connectivity index (χ1) is 15.9. The molecular formula is C18H13ClN4O7S4. The van der Waals surface area contributed by atoms with E-state index in [0.29, 0.717) is 15.6 Å². The van der Waals surface area contributed by atoms with Crippen LogP contribution in [-0.2, 0) is 24.8 Å². The standard InChI is InChI=1S/C18H13ClN4O7S4/c1-23-13(14(24)15-10(34(23,29)30)7-11(19)31-15)17(26)21-18-20-8-12(32-18)33(27,28)22-16(25)9-5-3-2-4-6-9/h2-8,24H,1H3,(H,22,25)(H,20,21,26). The zero-order valence-electron chi connectivity index (χ0n) is 16.8. The van der Waals surface area contributed by atoms with E-state index in [-0.39, 0.29) is 29.0 Å². The molecule has 0 radical (unpaired) electrons. The Bertz CT molecular complexity index is 1560. The maximum absolute atomic E-state index is 12.8. The maximum atomic E-state index is 12.8. The van der Waals surface area contributed by atoms with Gasteiger partial charge in [0.1, 0.15) is 4.90 Å². The first kappa shape index (κ1) is 24.2. The molecule has 4 rings (SSSR count). The lowest BCUT2D eigenvalue weighted by molar-refractivity contribution is -0.113. The molecule has 16 heteroatoms. The second-order valence-corrected chi connectivity index (χ2v) is 13.2. The molecule has 1 aliphatic heterocycles. The average Bonchev–Trinajstić information content (AvgIpc) is 3.41. The van der Waals surface area contributed by atoms with Crippen molar-refractivity contribution in [3.8, 4) is 0 Å². The molecule has 3 N–H and O–H groups in total. The van der Waals surface area contributed by atoms with Crippen molar-refractivity contribution in [1.82, 2.24) is 14.0 Å². The summed E-state index contributed by atoms with van der Waals surface area (Å²) in [5.41, 5.74) is -0.468. The molecule has 0 saturated carbocycles. The van der Waals surface area contributed by atoms with Crippen LogP contribution in [0, 0.1) is 0 Å². The summed E-state index contributed by atoms with van der Waals surface area (Å²) < 4.78 is 52.7. The number of sulfonamides is 2. The molecule has 0 fully saturated rings. The van der Waals surface area contributed by atoms with Crippen LogP contribution in [0.2, 0.25) is 4.34 Å². The third-order valence-electron chi connectivity index (χ3n) is 4.51. The molecule has 3 heterocycles. The first-order valence-corrected chi connectivity index (χ1v) is 14.0. The Morgan fingerprint density at radius 2 is 1.82 bits per heavy atom. The minimum atomic E-state index is -4.30. The zero-order chi connectivity index (χ0) is 24.8. The number of likely N-dealkylation sites (N-methyl/N-ethyl adjacent to an activating group) is 1. The van der Waals surface area contributed by atoms with Gasteiger partial charge in [0, 0.05) is 12.6 Å². The first-order valence-electron chi connectivity index (χ1n) is 9.03. The molecule has 34 heavy (non-hydrogen) atoms. The van der Waals surface area contributed by atoms with Crippen LogP contribution < -0.4 is 10.0 Å². The molecule has 1 aromatic carbocycles. The van der Waals surface area contributed by atoms with Crippen molar-refractivity contribution >= 4 is 77.0 Å². The van der Waals surface area contributed by atoms with Crippen molar-refractivity contribution < 1.29 is 31.5 Å². The maximum Gasteiger partial charge on any atom is 0.278 e. The van der Waals surface area contributed by atoms with Crippen LogP contribution in [-0.4, -0.2) is 50.1 Å². The number of aliphatic hydroxyl groups is 1. The predicted molar refractivity (Wildman–Crippen MR) is 126 cm³/mol. The van der Waals surface area contributed by atoms with Gasteiger partial charge in [0.2, 0.25) is 0 Å². The number of halogens is 1. The van der Waals surface area contributed by atoms with Crippen LogP contribution in [0.25, 0.3) is 5.76 Å². The number of hydrogen-bond acceptors (Lipinski definition) is 10. The largest absolute Gasteiger partial charge is 0.504 e. The molecule has 0 saturated heterocycles. The molecule has 3 aromatic rings. The summed E-state index contributed by atoms with van der Waals surface area (Å²) in [6.07, 6.45) is 0.924. The minimum Gasteiger partial charge on any atom is -0.504 e. The van der Waals surface area contributed by atoms with E-state index in [4.69, 9.17) is 11.6 Å². The minimum absolute atomic E-state index is 0.0979. The van der Waals surface area contributed by atoms with Crippen molar-refractivity contribution in [3.05, 3.63) is 63.1 Å². The van der Waals surface area contributed by atoms with Gasteiger partial charge in [0.05, 0.1) is 15.4 Å². The number of nitrogens with zero attached hydrogens (tertiary/aromatic N) is 2. The molecule has 11 nitrogen and oxygen atoms in total. The van der Waals surface area contributed by atoms with E-state index in [9.17, 15) is 31.5 Å². The number of aliphatic hydroxyl groups excluding tert-OH is 1. The highest BCUT2D eigenvalue weighted by molar-refractivity contribution is 7.92. The van der Waals surface area contributed by atoms with Gasteiger partial charge in [-0.1, -0.05) is 41.1 Å². The zero-order valence-corrected chi connectivity index (χ0v) is 20.9. The number of carbonyl (C=O) groups excluding carboxylic acids is 2. The summed E-state index contributed by atoms with van der Waals surface area (Å²) in [6, 6.07) is 8.84. The fourth-order valence-electron chi connectivity index (χ4n) is 2.90. The molecule has 0 atom stereocenters. The Morgan fingerprint density at radius 3 is 2.50 bits per heavy atom. The summed E-state index contributed by atoms with van der Waals surface area (Å²) in [7, 11) is -7.38. The van der Waals surface area contributed by atoms with Gasteiger partial charge < -0.3 is 5.11 Å². The Hall–Kier alpha value is -2.98. The number of carbonyl (C=O) groups is 2. The van der Waals surface area contributed by atoms with Gasteiger partial charge in [-0.25, -0.2) is 26.5 Å². The quantitative estimate of drug-likeness (QED) is 0.428. The van der Waals surface area contributed by atoms with Crippen LogP contribution >= 0.6 is 34.3 Å². The molecule has 178 valence electrons. The molecule has 0 spiro atoms. The fraction of sp³-hybridized carbons (Fsp3) is 0.0556. The van der Waals surface area contributed by atoms with Gasteiger partial charge in [-0.05, 0) is 18.2 Å². The Morgan fingerprint density at radius 1 is 1.15 bits per heavy atom. The molecule has 2 aromatic heterocycles. The van der Waals surface area contributed by atoms with E-state index in [0.717, 1.165) is 24.6 Å². The number of rotatable bonds is 5. The summed E-state index contributed by atoms with van der Waals surface area (Å²) in [5.74, 6) is -2.51. The lowest BCUT2D eigenvalue weighted by atomic mass is 10.2. The number of nitrogens with one attached hydrogen (secondary N) is 2. The number of anilines is 1. The summed E-state index contributed by atoms with van der Waals surface area (Å²) in [6.45, 7) is 0. The molecule has 1 aliphatic rings. The highest BCUT2D eigenvalue weighted by atomic mass is 35.5. The van der Waals surface area contributed by atoms with E-state index in [1.54, 1.807) is 18.2 Å². The van der Waals surface area contributed by atoms with E-state index in [1.165, 1.54) is 18.2 Å². The van der Waals surface area contributed by atoms with Crippen LogP contribution in [0.4, 0.5) is 5.13 Å². The molecule has 0 bridgehead atoms. The predicted octanol–water partition coefficient (Wildman–Crippen LogP) is 2.48. The fourth-order valence-corrected chi connectivity index (χ4v) is 7.84. The van der Waals surface area contributed by atoms with Crippen LogP contribution in [0.3, 0.4) is 0 Å². The van der Waals surface area contributed by atoms with E-state index >= 15 is 0 Å². The molecule has 0 unspecified atom stereocenters. The average molecular weight is 561 g/mol. The normalized spacial score (nSPS) is 15.1. The van der Waals surface area contributed by atoms with Crippen molar-refractivity contribution in [2.75, 3.05) is 12.4 Å². The van der Waals surface area contributed by atoms with Crippen molar-refractivity contribution in [2.45, 2.75) is 9.10 Å². The van der Waals surface area contributed by atoms with Gasteiger partial charge in [-0.3, -0.25) is 19.2 Å². The van der Waals surface area contributed by atoms with Crippen LogP contribution in [0.1, 0.15) is 15.2 Å². The Labute approximate surface area is 206 Å². The Balaban J connectivity index is 1.57. The number of benzene rings is 1. The number of hydrogen-bond donors (Lipinski definition) is 3. The second kappa shape index (κ2) is 8.66.